The minimum atomic E-state index is -0.719. The highest BCUT2D eigenvalue weighted by Gasteiger charge is 2.34. The largest absolute Gasteiger partial charge is 0.388 e. The van der Waals surface area contributed by atoms with Crippen LogP contribution in [0.4, 0.5) is 0 Å². The molecule has 142 valence electrons. The van der Waals surface area contributed by atoms with Crippen molar-refractivity contribution in [1.82, 2.24) is 14.8 Å². The molecule has 2 saturated heterocycles. The van der Waals surface area contributed by atoms with Gasteiger partial charge in [0, 0.05) is 25.3 Å². The van der Waals surface area contributed by atoms with E-state index >= 15 is 0 Å². The topological polar surface area (TPSA) is 76.6 Å². The second-order valence-electron chi connectivity index (χ2n) is 8.22. The molecule has 1 aromatic rings. The van der Waals surface area contributed by atoms with Gasteiger partial charge in [-0.05, 0) is 76.1 Å². The summed E-state index contributed by atoms with van der Waals surface area (Å²) in [6, 6.07) is 1.80. The van der Waals surface area contributed by atoms with E-state index in [4.69, 9.17) is 0 Å². The van der Waals surface area contributed by atoms with Crippen LogP contribution in [0.2, 0.25) is 0 Å². The van der Waals surface area contributed by atoms with Gasteiger partial charge in [0.05, 0.1) is 5.60 Å². The minimum Gasteiger partial charge on any atom is -0.388 e. The molecular weight excluding hydrogens is 330 g/mol. The maximum atomic E-state index is 12.9. The maximum Gasteiger partial charge on any atom is 0.261 e. The summed E-state index contributed by atoms with van der Waals surface area (Å²) in [5, 5.41) is 11.0. The molecule has 2 fully saturated rings. The molecule has 2 N–H and O–H groups in total. The number of aliphatic hydroxyl groups is 1. The fourth-order valence-electron chi connectivity index (χ4n) is 4.74. The molecule has 26 heavy (non-hydrogen) atoms. The number of fused-ring (bicyclic) bond motifs is 1. The normalized spacial score (nSPS) is 26.7. The molecule has 0 aromatic carbocycles. The number of H-pyrrole nitrogens is 1. The van der Waals surface area contributed by atoms with Crippen molar-refractivity contribution in [3.8, 4) is 0 Å². The Morgan fingerprint density at radius 1 is 1.08 bits per heavy atom. The minimum absolute atomic E-state index is 0.189. The van der Waals surface area contributed by atoms with E-state index in [1.807, 2.05) is 0 Å². The molecule has 0 saturated carbocycles. The van der Waals surface area contributed by atoms with Crippen LogP contribution in [0.15, 0.2) is 10.9 Å². The molecule has 0 bridgehead atoms. The number of carbonyl (C=O) groups excluding carboxylic acids is 1. The van der Waals surface area contributed by atoms with Crippen LogP contribution in [0, 0.1) is 0 Å². The number of amides is 1. The van der Waals surface area contributed by atoms with Gasteiger partial charge in [-0.25, -0.2) is 0 Å². The van der Waals surface area contributed by atoms with Gasteiger partial charge in [-0.3, -0.25) is 9.59 Å². The first-order valence-electron chi connectivity index (χ1n) is 10.0. The molecule has 6 nitrogen and oxygen atoms in total. The van der Waals surface area contributed by atoms with E-state index < -0.39 is 5.60 Å². The zero-order valence-corrected chi connectivity index (χ0v) is 15.4. The Balaban J connectivity index is 1.45. The fourth-order valence-corrected chi connectivity index (χ4v) is 4.74. The number of aromatic nitrogens is 1. The molecule has 2 aliphatic heterocycles. The van der Waals surface area contributed by atoms with Crippen molar-refractivity contribution in [2.45, 2.75) is 57.0 Å². The number of likely N-dealkylation sites (tertiary alicyclic amines) is 2. The number of nitrogens with zero attached hydrogens (tertiary/aromatic N) is 2. The number of carbonyl (C=O) groups is 1. The maximum absolute atomic E-state index is 12.9. The average molecular weight is 359 g/mol. The number of hydrogen-bond acceptors (Lipinski definition) is 4. The summed E-state index contributed by atoms with van der Waals surface area (Å²) in [5.74, 6) is -0.189. The quantitative estimate of drug-likeness (QED) is 0.853. The van der Waals surface area contributed by atoms with Crippen molar-refractivity contribution in [3.63, 3.8) is 0 Å². The lowest BCUT2D eigenvalue weighted by atomic mass is 9.94. The zero-order valence-electron chi connectivity index (χ0n) is 15.4. The van der Waals surface area contributed by atoms with Crippen molar-refractivity contribution in [2.75, 3.05) is 32.7 Å². The number of β-amino-alcohol motifs (C(OH)–C–C–N with tert-alkyl or cyclic N) is 1. The van der Waals surface area contributed by atoms with Gasteiger partial charge in [-0.2, -0.15) is 0 Å². The Morgan fingerprint density at radius 3 is 2.69 bits per heavy atom. The van der Waals surface area contributed by atoms with Crippen LogP contribution in [0.25, 0.3) is 0 Å². The molecular formula is C20H29N3O3. The van der Waals surface area contributed by atoms with Crippen molar-refractivity contribution in [1.29, 1.82) is 0 Å². The SMILES string of the molecule is O=C(c1cc2c([nH]c1=O)CCC2)N1CCC[C@](O)(CN2CCCC2)CC1. The third-order valence-corrected chi connectivity index (χ3v) is 6.24. The second kappa shape index (κ2) is 7.16. The molecule has 0 spiro atoms. The predicted octanol–water partition coefficient (Wildman–Crippen LogP) is 1.32. The monoisotopic (exact) mass is 359 g/mol. The Bertz CT molecular complexity index is 738. The van der Waals surface area contributed by atoms with Crippen LogP contribution in [0.5, 0.6) is 0 Å². The van der Waals surface area contributed by atoms with Crippen molar-refractivity contribution >= 4 is 5.91 Å². The summed E-state index contributed by atoms with van der Waals surface area (Å²) in [4.78, 5) is 32.3. The van der Waals surface area contributed by atoms with E-state index in [1.165, 1.54) is 12.8 Å². The number of rotatable bonds is 3. The van der Waals surface area contributed by atoms with E-state index in [9.17, 15) is 14.7 Å². The Labute approximate surface area is 154 Å². The molecule has 0 radical (unpaired) electrons. The standard InChI is InChI=1S/C20H29N3O3/c24-18-16(13-15-5-3-6-17(15)21-18)19(25)23-11-4-7-20(26,8-12-23)14-22-9-1-2-10-22/h13,26H,1-12,14H2,(H,21,24)/t20-/m1/s1. The van der Waals surface area contributed by atoms with E-state index in [0.717, 1.165) is 50.0 Å². The van der Waals surface area contributed by atoms with Gasteiger partial charge in [-0.15, -0.1) is 0 Å². The number of aromatic amines is 1. The van der Waals surface area contributed by atoms with Crippen LogP contribution in [-0.4, -0.2) is 64.1 Å². The lowest BCUT2D eigenvalue weighted by molar-refractivity contribution is -0.00290. The highest BCUT2D eigenvalue weighted by atomic mass is 16.3. The second-order valence-corrected chi connectivity index (χ2v) is 8.22. The van der Waals surface area contributed by atoms with Crippen LogP contribution in [-0.2, 0) is 12.8 Å². The van der Waals surface area contributed by atoms with Gasteiger partial charge >= 0.3 is 0 Å². The molecule has 6 heteroatoms. The van der Waals surface area contributed by atoms with Crippen molar-refractivity contribution in [3.05, 3.63) is 33.2 Å². The van der Waals surface area contributed by atoms with Crippen LogP contribution in [0.3, 0.4) is 0 Å². The summed E-state index contributed by atoms with van der Waals surface area (Å²) in [6.45, 7) is 3.96. The van der Waals surface area contributed by atoms with E-state index in [1.54, 1.807) is 11.0 Å². The highest BCUT2D eigenvalue weighted by Crippen LogP contribution is 2.26. The summed E-state index contributed by atoms with van der Waals surface area (Å²) < 4.78 is 0. The number of aryl methyl sites for hydroxylation is 2. The smallest absolute Gasteiger partial charge is 0.261 e. The highest BCUT2D eigenvalue weighted by molar-refractivity contribution is 5.94. The molecule has 1 atom stereocenters. The summed E-state index contributed by atoms with van der Waals surface area (Å²) in [5.41, 5.74) is 1.36. The molecule has 1 aromatic heterocycles. The van der Waals surface area contributed by atoms with Crippen LogP contribution >= 0.6 is 0 Å². The van der Waals surface area contributed by atoms with E-state index in [2.05, 4.69) is 9.88 Å². The third kappa shape index (κ3) is 3.58. The first kappa shape index (κ1) is 17.7. The molecule has 1 aliphatic carbocycles. The zero-order chi connectivity index (χ0) is 18.1. The van der Waals surface area contributed by atoms with Gasteiger partial charge < -0.3 is 19.9 Å². The average Bonchev–Trinajstić information content (AvgIpc) is 3.23. The molecule has 0 unspecified atom stereocenters. The van der Waals surface area contributed by atoms with Gasteiger partial charge in [0.15, 0.2) is 0 Å². The lowest BCUT2D eigenvalue weighted by Crippen LogP contribution is -2.43. The summed E-state index contributed by atoms with van der Waals surface area (Å²) in [6.07, 6.45) is 7.36. The molecule has 1 amide bonds. The predicted molar refractivity (Wildman–Crippen MR) is 99.5 cm³/mol. The summed E-state index contributed by atoms with van der Waals surface area (Å²) in [7, 11) is 0. The lowest BCUT2D eigenvalue weighted by Gasteiger charge is -2.31. The molecule has 3 aliphatic rings. The van der Waals surface area contributed by atoms with Crippen LogP contribution in [0.1, 0.15) is 60.1 Å². The Kier molecular flexibility index (Phi) is 4.88. The number of hydrogen-bond donors (Lipinski definition) is 2. The number of nitrogens with one attached hydrogen (secondary N) is 1. The summed E-state index contributed by atoms with van der Waals surface area (Å²) >= 11 is 0. The number of pyridine rings is 1. The molecule has 4 rings (SSSR count). The fraction of sp³-hybridized carbons (Fsp3) is 0.700. The van der Waals surface area contributed by atoms with Crippen molar-refractivity contribution < 1.29 is 9.90 Å². The van der Waals surface area contributed by atoms with Crippen LogP contribution < -0.4 is 5.56 Å². The first-order valence-corrected chi connectivity index (χ1v) is 10.0. The van der Waals surface area contributed by atoms with Gasteiger partial charge in [0.25, 0.3) is 11.5 Å². The Morgan fingerprint density at radius 2 is 1.88 bits per heavy atom. The Hall–Kier alpha value is -1.66. The van der Waals surface area contributed by atoms with Gasteiger partial charge in [0.1, 0.15) is 5.56 Å². The van der Waals surface area contributed by atoms with Gasteiger partial charge in [0.2, 0.25) is 0 Å². The molecule has 3 heterocycles. The van der Waals surface area contributed by atoms with E-state index in [-0.39, 0.29) is 17.0 Å². The van der Waals surface area contributed by atoms with Crippen molar-refractivity contribution in [2.24, 2.45) is 0 Å². The first-order chi connectivity index (χ1) is 12.5. The van der Waals surface area contributed by atoms with E-state index in [0.29, 0.717) is 32.5 Å². The third-order valence-electron chi connectivity index (χ3n) is 6.24. The van der Waals surface area contributed by atoms with Gasteiger partial charge in [-0.1, -0.05) is 0 Å².